The Hall–Kier alpha value is -2.65. The van der Waals surface area contributed by atoms with Gasteiger partial charge in [-0.1, -0.05) is 11.6 Å². The molecule has 2 heterocycles. The minimum absolute atomic E-state index is 0.0572. The van der Waals surface area contributed by atoms with E-state index < -0.39 is 16.1 Å². The van der Waals surface area contributed by atoms with Crippen molar-refractivity contribution in [3.8, 4) is 0 Å². The number of sulfonamides is 1. The van der Waals surface area contributed by atoms with Crippen molar-refractivity contribution in [1.29, 1.82) is 0 Å². The first-order valence-corrected chi connectivity index (χ1v) is 11.4. The Labute approximate surface area is 173 Å². The molecule has 1 unspecified atom stereocenters. The number of fused-ring (bicyclic) bond motifs is 1. The monoisotopic (exact) mass is 433 g/mol. The van der Waals surface area contributed by atoms with Crippen LogP contribution in [-0.2, 0) is 10.0 Å². The first kappa shape index (κ1) is 19.7. The number of pyridine rings is 1. The lowest BCUT2D eigenvalue weighted by Gasteiger charge is -2.21. The number of nitrogens with one attached hydrogen (secondary N) is 2. The number of H-pyrrole nitrogens is 1. The summed E-state index contributed by atoms with van der Waals surface area (Å²) < 4.78 is 25.6. The molecule has 0 bridgehead atoms. The number of hydrogen-bond donors (Lipinski definition) is 2. The van der Waals surface area contributed by atoms with E-state index in [4.69, 9.17) is 11.6 Å². The van der Waals surface area contributed by atoms with Crippen molar-refractivity contribution in [2.24, 2.45) is 0 Å². The van der Waals surface area contributed by atoms with Gasteiger partial charge in [0.25, 0.3) is 5.56 Å². The summed E-state index contributed by atoms with van der Waals surface area (Å²) in [5.41, 5.74) is 0.962. The second kappa shape index (κ2) is 7.31. The fourth-order valence-corrected chi connectivity index (χ4v) is 4.64. The third-order valence-corrected chi connectivity index (χ3v) is 6.18. The number of aromatic amines is 1. The molecule has 0 radical (unpaired) electrons. The van der Waals surface area contributed by atoms with Crippen LogP contribution >= 0.6 is 11.6 Å². The molecule has 3 aromatic rings. The van der Waals surface area contributed by atoms with Crippen molar-refractivity contribution in [2.45, 2.75) is 31.8 Å². The second-order valence-corrected chi connectivity index (χ2v) is 9.48. The molecule has 152 valence electrons. The smallest absolute Gasteiger partial charge is 0.253 e. The molecule has 1 saturated carbocycles. The fourth-order valence-electron chi connectivity index (χ4n) is 3.27. The van der Waals surface area contributed by atoms with Crippen molar-refractivity contribution in [3.63, 3.8) is 0 Å². The topological polar surface area (TPSA) is 108 Å². The van der Waals surface area contributed by atoms with Crippen LogP contribution in [0.4, 0.5) is 11.8 Å². The Balaban J connectivity index is 1.64. The molecule has 1 aromatic carbocycles. The van der Waals surface area contributed by atoms with Gasteiger partial charge in [-0.05, 0) is 44.0 Å². The zero-order valence-corrected chi connectivity index (χ0v) is 17.5. The lowest BCUT2D eigenvalue weighted by atomic mass is 10.1. The Kier molecular flexibility index (Phi) is 4.95. The maximum Gasteiger partial charge on any atom is 0.253 e. The number of benzene rings is 1. The van der Waals surface area contributed by atoms with E-state index in [9.17, 15) is 13.2 Å². The van der Waals surface area contributed by atoms with Crippen LogP contribution in [0.5, 0.6) is 0 Å². The minimum Gasteiger partial charge on any atom is -0.347 e. The Morgan fingerprint density at radius 2 is 2.03 bits per heavy atom. The molecular formula is C19H20ClN5O3S. The summed E-state index contributed by atoms with van der Waals surface area (Å²) in [7, 11) is -3.44. The normalized spacial score (nSPS) is 15.3. The van der Waals surface area contributed by atoms with Gasteiger partial charge in [-0.15, -0.1) is 0 Å². The van der Waals surface area contributed by atoms with E-state index in [0.29, 0.717) is 21.9 Å². The van der Waals surface area contributed by atoms with E-state index in [1.54, 1.807) is 30.3 Å². The average Bonchev–Trinajstić information content (AvgIpc) is 3.45. The molecule has 10 heteroatoms. The van der Waals surface area contributed by atoms with E-state index in [-0.39, 0.29) is 17.5 Å². The molecular weight excluding hydrogens is 414 g/mol. The zero-order valence-electron chi connectivity index (χ0n) is 15.9. The molecule has 2 aromatic heterocycles. The average molecular weight is 434 g/mol. The van der Waals surface area contributed by atoms with Crippen LogP contribution in [0.15, 0.2) is 41.3 Å². The molecule has 1 aliphatic rings. The number of nitrogens with zero attached hydrogens (tertiary/aromatic N) is 3. The zero-order chi connectivity index (χ0) is 20.8. The van der Waals surface area contributed by atoms with E-state index in [2.05, 4.69) is 20.3 Å². The van der Waals surface area contributed by atoms with E-state index >= 15 is 0 Å². The van der Waals surface area contributed by atoms with Crippen LogP contribution in [0, 0.1) is 0 Å². The lowest BCUT2D eigenvalue weighted by molar-refractivity contribution is 0.595. The second-order valence-electron chi connectivity index (χ2n) is 7.18. The van der Waals surface area contributed by atoms with Gasteiger partial charge in [0.1, 0.15) is 5.82 Å². The molecule has 0 aliphatic heterocycles. The maximum atomic E-state index is 12.5. The van der Waals surface area contributed by atoms with Crippen molar-refractivity contribution in [2.75, 3.05) is 15.9 Å². The highest BCUT2D eigenvalue weighted by atomic mass is 35.5. The number of rotatable bonds is 6. The highest BCUT2D eigenvalue weighted by molar-refractivity contribution is 7.92. The standard InChI is InChI=1S/C19H20ClN5O3S/c1-11(15-10-12-9-13(20)3-6-16(12)23-18(15)26)22-19-21-8-7-17(24-19)25(14-4-5-14)29(2,27)28/h3,6-11,14H,4-5H2,1-2H3,(H,23,26)(H,21,22,24). The molecule has 4 rings (SSSR count). The molecule has 1 aliphatic carbocycles. The van der Waals surface area contributed by atoms with Gasteiger partial charge in [0.05, 0.1) is 12.3 Å². The van der Waals surface area contributed by atoms with Gasteiger partial charge < -0.3 is 10.3 Å². The number of anilines is 2. The molecule has 1 atom stereocenters. The highest BCUT2D eigenvalue weighted by Crippen LogP contribution is 2.33. The molecule has 8 nitrogen and oxygen atoms in total. The summed E-state index contributed by atoms with van der Waals surface area (Å²) in [4.78, 5) is 23.9. The Bertz CT molecular complexity index is 1240. The van der Waals surface area contributed by atoms with Gasteiger partial charge in [0.2, 0.25) is 16.0 Å². The van der Waals surface area contributed by atoms with Crippen molar-refractivity contribution >= 4 is 44.3 Å². The molecule has 0 amide bonds. The Morgan fingerprint density at radius 1 is 1.28 bits per heavy atom. The fraction of sp³-hybridized carbons (Fsp3) is 0.316. The summed E-state index contributed by atoms with van der Waals surface area (Å²) in [5, 5.41) is 4.48. The van der Waals surface area contributed by atoms with E-state index in [0.717, 1.165) is 18.2 Å². The summed E-state index contributed by atoms with van der Waals surface area (Å²) in [6.07, 6.45) is 4.29. The minimum atomic E-state index is -3.44. The summed E-state index contributed by atoms with van der Waals surface area (Å²) in [6.45, 7) is 1.81. The predicted octanol–water partition coefficient (Wildman–Crippen LogP) is 3.07. The van der Waals surface area contributed by atoms with Gasteiger partial charge >= 0.3 is 0 Å². The largest absolute Gasteiger partial charge is 0.347 e. The Morgan fingerprint density at radius 3 is 2.72 bits per heavy atom. The third-order valence-electron chi connectivity index (χ3n) is 4.75. The molecule has 0 spiro atoms. The highest BCUT2D eigenvalue weighted by Gasteiger charge is 2.36. The van der Waals surface area contributed by atoms with Crippen LogP contribution in [-0.4, -0.2) is 35.7 Å². The molecule has 29 heavy (non-hydrogen) atoms. The summed E-state index contributed by atoms with van der Waals surface area (Å²) in [5.74, 6) is 0.564. The van der Waals surface area contributed by atoms with E-state index in [1.807, 2.05) is 6.92 Å². The van der Waals surface area contributed by atoms with Gasteiger partial charge in [-0.2, -0.15) is 4.98 Å². The third kappa shape index (κ3) is 4.20. The maximum absolute atomic E-state index is 12.5. The summed E-state index contributed by atoms with van der Waals surface area (Å²) >= 11 is 6.05. The van der Waals surface area contributed by atoms with Gasteiger partial charge in [-0.25, -0.2) is 13.4 Å². The van der Waals surface area contributed by atoms with Crippen molar-refractivity contribution in [3.05, 3.63) is 57.5 Å². The number of hydrogen-bond acceptors (Lipinski definition) is 6. The van der Waals surface area contributed by atoms with Gasteiger partial charge in [0.15, 0.2) is 0 Å². The van der Waals surface area contributed by atoms with Gasteiger partial charge in [-0.3, -0.25) is 9.10 Å². The lowest BCUT2D eigenvalue weighted by Crippen LogP contribution is -2.33. The number of aromatic nitrogens is 3. The van der Waals surface area contributed by atoms with Crippen molar-refractivity contribution in [1.82, 2.24) is 15.0 Å². The van der Waals surface area contributed by atoms with Gasteiger partial charge in [0, 0.05) is 39.8 Å². The van der Waals surface area contributed by atoms with Crippen LogP contribution in [0.1, 0.15) is 31.4 Å². The van der Waals surface area contributed by atoms with Crippen LogP contribution in [0.2, 0.25) is 5.02 Å². The van der Waals surface area contributed by atoms with Crippen molar-refractivity contribution < 1.29 is 8.42 Å². The SMILES string of the molecule is CC(Nc1nccc(N(C2CC2)S(C)(=O)=O)n1)c1cc2cc(Cl)ccc2[nH]c1=O. The predicted molar refractivity (Wildman–Crippen MR) is 114 cm³/mol. The number of halogens is 1. The molecule has 2 N–H and O–H groups in total. The molecule has 0 saturated heterocycles. The van der Waals surface area contributed by atoms with E-state index in [1.165, 1.54) is 16.8 Å². The summed E-state index contributed by atoms with van der Waals surface area (Å²) in [6, 6.07) is 8.12. The molecule has 1 fully saturated rings. The van der Waals surface area contributed by atoms with Crippen LogP contribution in [0.3, 0.4) is 0 Å². The van der Waals surface area contributed by atoms with Crippen LogP contribution in [0.25, 0.3) is 10.9 Å². The first-order valence-electron chi connectivity index (χ1n) is 9.14. The quantitative estimate of drug-likeness (QED) is 0.618. The first-order chi connectivity index (χ1) is 13.7. The van der Waals surface area contributed by atoms with Crippen LogP contribution < -0.4 is 15.2 Å².